The lowest BCUT2D eigenvalue weighted by molar-refractivity contribution is -0.133. The number of hydrogen-bond acceptors (Lipinski definition) is 7. The topological polar surface area (TPSA) is 86.8 Å². The molecule has 0 aliphatic carbocycles. The van der Waals surface area contributed by atoms with Gasteiger partial charge in [0.25, 0.3) is 0 Å². The van der Waals surface area contributed by atoms with Crippen LogP contribution in [0, 0.1) is 0 Å². The van der Waals surface area contributed by atoms with Crippen molar-refractivity contribution in [2.45, 2.75) is 39.3 Å². The van der Waals surface area contributed by atoms with Gasteiger partial charge in [-0.2, -0.15) is 0 Å². The fourth-order valence-electron chi connectivity index (χ4n) is 5.46. The van der Waals surface area contributed by atoms with Gasteiger partial charge in [-0.15, -0.1) is 0 Å². The fourth-order valence-corrected chi connectivity index (χ4v) is 5.46. The minimum Gasteiger partial charge on any atom is -0.492 e. The monoisotopic (exact) mass is 492 g/mol. The van der Waals surface area contributed by atoms with E-state index in [0.717, 1.165) is 86.2 Å². The lowest BCUT2D eigenvalue weighted by atomic mass is 10.1. The maximum Gasteiger partial charge on any atom is 0.220 e. The number of anilines is 1. The summed E-state index contributed by atoms with van der Waals surface area (Å²) in [5.41, 5.74) is 2.70. The van der Waals surface area contributed by atoms with Gasteiger partial charge in [-0.25, -0.2) is 9.97 Å². The minimum atomic E-state index is 0.127. The summed E-state index contributed by atoms with van der Waals surface area (Å²) < 4.78 is 11.5. The molecule has 2 fully saturated rings. The van der Waals surface area contributed by atoms with Crippen LogP contribution >= 0.6 is 0 Å². The number of morpholine rings is 1. The zero-order valence-corrected chi connectivity index (χ0v) is 21.4. The molecule has 36 heavy (non-hydrogen) atoms. The van der Waals surface area contributed by atoms with Gasteiger partial charge in [-0.3, -0.25) is 9.69 Å². The van der Waals surface area contributed by atoms with Crippen molar-refractivity contribution in [1.82, 2.24) is 24.8 Å². The molecule has 9 heteroatoms. The van der Waals surface area contributed by atoms with Crippen LogP contribution in [0.15, 0.2) is 36.7 Å². The first-order valence-corrected chi connectivity index (χ1v) is 12.9. The van der Waals surface area contributed by atoms with Crippen LogP contribution < -0.4 is 9.64 Å². The predicted octanol–water partition coefficient (Wildman–Crippen LogP) is 3.17. The lowest BCUT2D eigenvalue weighted by Gasteiger charge is -2.44. The Kier molecular flexibility index (Phi) is 7.38. The molecule has 2 aliphatic heterocycles. The summed E-state index contributed by atoms with van der Waals surface area (Å²) in [4.78, 5) is 31.5. The van der Waals surface area contributed by atoms with Crippen molar-refractivity contribution in [2.75, 3.05) is 57.4 Å². The van der Waals surface area contributed by atoms with E-state index in [1.807, 2.05) is 35.4 Å². The number of rotatable bonds is 7. The van der Waals surface area contributed by atoms with Crippen LogP contribution in [0.4, 0.5) is 5.82 Å². The van der Waals surface area contributed by atoms with Crippen molar-refractivity contribution in [3.63, 3.8) is 0 Å². The van der Waals surface area contributed by atoms with Crippen LogP contribution in [0.3, 0.4) is 0 Å². The molecule has 1 amide bonds. The highest BCUT2D eigenvalue weighted by atomic mass is 16.5. The smallest absolute Gasteiger partial charge is 0.220 e. The highest BCUT2D eigenvalue weighted by molar-refractivity contribution is 5.93. The van der Waals surface area contributed by atoms with Crippen molar-refractivity contribution >= 4 is 22.8 Å². The molecule has 2 aliphatic rings. The van der Waals surface area contributed by atoms with Crippen LogP contribution in [0.2, 0.25) is 0 Å². The molecule has 0 spiro atoms. The van der Waals surface area contributed by atoms with Gasteiger partial charge >= 0.3 is 0 Å². The highest BCUT2D eigenvalue weighted by Crippen LogP contribution is 2.31. The SMILES string of the molecule is CC(=O)N1[C@H](C)CN(c2cccc(-c3c[nH]c4ncc(OCCCN5CCOCC5)cc34)n2)C[C@@H]1C. The fraction of sp³-hybridized carbons (Fsp3) is 0.519. The summed E-state index contributed by atoms with van der Waals surface area (Å²) in [6.07, 6.45) is 4.71. The normalized spacial score (nSPS) is 21.2. The van der Waals surface area contributed by atoms with E-state index in [1.165, 1.54) is 0 Å². The number of aromatic amines is 1. The number of ether oxygens (including phenoxy) is 2. The van der Waals surface area contributed by atoms with Crippen molar-refractivity contribution < 1.29 is 14.3 Å². The van der Waals surface area contributed by atoms with E-state index in [-0.39, 0.29) is 18.0 Å². The maximum absolute atomic E-state index is 12.0. The number of nitrogens with one attached hydrogen (secondary N) is 1. The number of aromatic nitrogens is 3. The minimum absolute atomic E-state index is 0.127. The van der Waals surface area contributed by atoms with E-state index < -0.39 is 0 Å². The van der Waals surface area contributed by atoms with Crippen molar-refractivity contribution in [3.8, 4) is 17.0 Å². The molecule has 3 aromatic rings. The molecule has 192 valence electrons. The van der Waals surface area contributed by atoms with Gasteiger partial charge in [-0.1, -0.05) is 6.07 Å². The zero-order chi connectivity index (χ0) is 25.1. The Morgan fingerprint density at radius 1 is 1.19 bits per heavy atom. The summed E-state index contributed by atoms with van der Waals surface area (Å²) in [5.74, 6) is 1.82. The predicted molar refractivity (Wildman–Crippen MR) is 140 cm³/mol. The first kappa shape index (κ1) is 24.5. The quantitative estimate of drug-likeness (QED) is 0.507. The third kappa shape index (κ3) is 5.32. The molecule has 5 rings (SSSR count). The molecule has 3 aromatic heterocycles. The standard InChI is InChI=1S/C27H36N6O3/c1-19-17-32(18-20(2)33(19)21(3)34)26-7-4-6-25(30-26)24-16-29-27-23(24)14-22(15-28-27)36-11-5-8-31-9-12-35-13-10-31/h4,6-7,14-16,19-20H,5,8-13,17-18H2,1-3H3,(H,28,29)/t19-,20+. The van der Waals surface area contributed by atoms with E-state index in [9.17, 15) is 4.79 Å². The van der Waals surface area contributed by atoms with Crippen molar-refractivity contribution in [2.24, 2.45) is 0 Å². The summed E-state index contributed by atoms with van der Waals surface area (Å²) in [5, 5.41) is 0.994. The number of carbonyl (C=O) groups is 1. The van der Waals surface area contributed by atoms with Gasteiger partial charge in [0.2, 0.25) is 5.91 Å². The molecule has 2 saturated heterocycles. The van der Waals surface area contributed by atoms with Gasteiger partial charge in [-0.05, 0) is 38.5 Å². The average Bonchev–Trinajstić information content (AvgIpc) is 3.30. The summed E-state index contributed by atoms with van der Waals surface area (Å²) in [6.45, 7) is 12.7. The first-order chi connectivity index (χ1) is 17.5. The molecule has 0 radical (unpaired) electrons. The van der Waals surface area contributed by atoms with Gasteiger partial charge in [0, 0.05) is 68.9 Å². The number of pyridine rings is 2. The first-order valence-electron chi connectivity index (χ1n) is 12.9. The zero-order valence-electron chi connectivity index (χ0n) is 21.4. The Morgan fingerprint density at radius 3 is 2.72 bits per heavy atom. The molecule has 0 aromatic carbocycles. The second-order valence-corrected chi connectivity index (χ2v) is 9.84. The van der Waals surface area contributed by atoms with E-state index in [4.69, 9.17) is 14.5 Å². The average molecular weight is 493 g/mol. The number of carbonyl (C=O) groups excluding carboxylic acids is 1. The van der Waals surface area contributed by atoms with Crippen molar-refractivity contribution in [1.29, 1.82) is 0 Å². The Morgan fingerprint density at radius 2 is 1.97 bits per heavy atom. The second-order valence-electron chi connectivity index (χ2n) is 9.84. The van der Waals surface area contributed by atoms with Gasteiger partial charge in [0.1, 0.15) is 17.2 Å². The largest absolute Gasteiger partial charge is 0.492 e. The Labute approximate surface area is 212 Å². The second kappa shape index (κ2) is 10.8. The Balaban J connectivity index is 1.28. The van der Waals surface area contributed by atoms with Crippen LogP contribution in [0.25, 0.3) is 22.3 Å². The van der Waals surface area contributed by atoms with Crippen LogP contribution in [0.1, 0.15) is 27.2 Å². The van der Waals surface area contributed by atoms with E-state index in [0.29, 0.717) is 6.61 Å². The van der Waals surface area contributed by atoms with Gasteiger partial charge < -0.3 is 24.3 Å². The number of nitrogens with zero attached hydrogens (tertiary/aromatic N) is 5. The molecule has 0 bridgehead atoms. The number of amides is 1. The summed E-state index contributed by atoms with van der Waals surface area (Å²) >= 11 is 0. The number of H-pyrrole nitrogens is 1. The van der Waals surface area contributed by atoms with E-state index in [2.05, 4.69) is 33.6 Å². The van der Waals surface area contributed by atoms with Crippen LogP contribution in [-0.2, 0) is 9.53 Å². The molecule has 9 nitrogen and oxygen atoms in total. The molecule has 0 unspecified atom stereocenters. The van der Waals surface area contributed by atoms with E-state index in [1.54, 1.807) is 13.1 Å². The molecule has 2 atom stereocenters. The third-order valence-electron chi connectivity index (χ3n) is 7.11. The third-order valence-corrected chi connectivity index (χ3v) is 7.11. The maximum atomic E-state index is 12.0. The van der Waals surface area contributed by atoms with Crippen LogP contribution in [0.5, 0.6) is 5.75 Å². The molecule has 1 N–H and O–H groups in total. The summed E-state index contributed by atoms with van der Waals surface area (Å²) in [6, 6.07) is 8.44. The molecular formula is C27H36N6O3. The van der Waals surface area contributed by atoms with Gasteiger partial charge in [0.15, 0.2) is 0 Å². The molecule has 5 heterocycles. The summed E-state index contributed by atoms with van der Waals surface area (Å²) in [7, 11) is 0. The van der Waals surface area contributed by atoms with Gasteiger partial charge in [0.05, 0.1) is 31.7 Å². The number of hydrogen-bond donors (Lipinski definition) is 1. The van der Waals surface area contributed by atoms with Crippen molar-refractivity contribution in [3.05, 3.63) is 36.7 Å². The highest BCUT2D eigenvalue weighted by Gasteiger charge is 2.31. The number of piperazine rings is 1. The number of fused-ring (bicyclic) bond motifs is 1. The lowest BCUT2D eigenvalue weighted by Crippen LogP contribution is -2.58. The van der Waals surface area contributed by atoms with Crippen LogP contribution in [-0.4, -0.2) is 95.3 Å². The molecular weight excluding hydrogens is 456 g/mol. The van der Waals surface area contributed by atoms with E-state index >= 15 is 0 Å². The Hall–Kier alpha value is -3.17. The molecule has 0 saturated carbocycles. The Bertz CT molecular complexity index is 1180.